The first kappa shape index (κ1) is 10.9. The summed E-state index contributed by atoms with van der Waals surface area (Å²) in [6.07, 6.45) is 0.985. The van der Waals surface area contributed by atoms with Crippen molar-refractivity contribution >= 4 is 5.78 Å². The molecule has 0 saturated carbocycles. The highest BCUT2D eigenvalue weighted by Crippen LogP contribution is 2.22. The second-order valence-corrected chi connectivity index (χ2v) is 3.31. The van der Waals surface area contributed by atoms with E-state index in [1.54, 1.807) is 6.07 Å². The quantitative estimate of drug-likeness (QED) is 0.761. The Morgan fingerprint density at radius 3 is 2.41 bits per heavy atom. The number of benzene rings is 1. The lowest BCUT2D eigenvalue weighted by Crippen LogP contribution is -2.14. The maximum absolute atomic E-state index is 11.9. The van der Waals surface area contributed by atoms with Gasteiger partial charge < -0.3 is 14.6 Å². The number of para-hydroxylation sites is 1. The number of hydrogen-bond acceptors (Lipinski definition) is 5. The first-order valence-corrected chi connectivity index (χ1v) is 4.74. The van der Waals surface area contributed by atoms with Gasteiger partial charge in [-0.05, 0) is 12.1 Å². The monoisotopic (exact) mass is 232 g/mol. The lowest BCUT2D eigenvalue weighted by Gasteiger charge is -2.03. The van der Waals surface area contributed by atoms with Crippen molar-refractivity contribution in [2.24, 2.45) is 0 Å². The van der Waals surface area contributed by atoms with E-state index >= 15 is 0 Å². The Morgan fingerprint density at radius 1 is 1.06 bits per heavy atom. The number of ketones is 1. The van der Waals surface area contributed by atoms with E-state index in [9.17, 15) is 19.8 Å². The smallest absolute Gasteiger partial charge is 0.350 e. The van der Waals surface area contributed by atoms with Gasteiger partial charge in [-0.15, -0.1) is 0 Å². The minimum Gasteiger partial charge on any atom is -0.507 e. The van der Waals surface area contributed by atoms with E-state index < -0.39 is 22.7 Å². The highest BCUT2D eigenvalue weighted by Gasteiger charge is 2.21. The summed E-state index contributed by atoms with van der Waals surface area (Å²) < 4.78 is 4.50. The van der Waals surface area contributed by atoms with Crippen LogP contribution in [0, 0.1) is 0 Å². The summed E-state index contributed by atoms with van der Waals surface area (Å²) in [5, 5.41) is 18.9. The van der Waals surface area contributed by atoms with Crippen molar-refractivity contribution in [3.8, 4) is 11.5 Å². The van der Waals surface area contributed by atoms with Gasteiger partial charge in [0.25, 0.3) is 0 Å². The normalized spacial score (nSPS) is 10.1. The lowest BCUT2D eigenvalue weighted by atomic mass is 10.0. The summed E-state index contributed by atoms with van der Waals surface area (Å²) >= 11 is 0. The van der Waals surface area contributed by atoms with E-state index in [4.69, 9.17) is 0 Å². The van der Waals surface area contributed by atoms with Crippen LogP contribution in [0.5, 0.6) is 11.5 Å². The summed E-state index contributed by atoms with van der Waals surface area (Å²) in [7, 11) is 0. The molecule has 0 unspecified atom stereocenters. The van der Waals surface area contributed by atoms with E-state index in [1.807, 2.05) is 0 Å². The fraction of sp³-hybridized carbons (Fsp3) is 0. The van der Waals surface area contributed by atoms with Crippen LogP contribution in [0.25, 0.3) is 0 Å². The summed E-state index contributed by atoms with van der Waals surface area (Å²) in [5.74, 6) is -1.52. The second-order valence-electron chi connectivity index (χ2n) is 3.31. The first-order chi connectivity index (χ1) is 8.11. The topological polar surface area (TPSA) is 87.7 Å². The van der Waals surface area contributed by atoms with Crippen molar-refractivity contribution in [3.63, 3.8) is 0 Å². The molecule has 0 bridgehead atoms. The zero-order valence-electron chi connectivity index (χ0n) is 8.58. The maximum atomic E-state index is 11.9. The number of carbonyl (C=O) groups excluding carboxylic acids is 1. The van der Waals surface area contributed by atoms with Gasteiger partial charge in [0.15, 0.2) is 0 Å². The minimum atomic E-state index is -0.946. The molecule has 1 aromatic heterocycles. The van der Waals surface area contributed by atoms with Gasteiger partial charge in [-0.1, -0.05) is 12.1 Å². The van der Waals surface area contributed by atoms with Gasteiger partial charge in [-0.2, -0.15) is 0 Å². The van der Waals surface area contributed by atoms with Crippen molar-refractivity contribution in [2.75, 3.05) is 0 Å². The molecular weight excluding hydrogens is 224 g/mol. The molecular formula is C12H8O5. The van der Waals surface area contributed by atoms with Crippen molar-refractivity contribution in [1.29, 1.82) is 0 Å². The van der Waals surface area contributed by atoms with Crippen LogP contribution >= 0.6 is 0 Å². The molecule has 5 heteroatoms. The third kappa shape index (κ3) is 1.90. The van der Waals surface area contributed by atoms with Gasteiger partial charge in [0.1, 0.15) is 17.1 Å². The summed E-state index contributed by atoms with van der Waals surface area (Å²) in [5.41, 5.74) is -1.51. The van der Waals surface area contributed by atoms with Crippen molar-refractivity contribution in [3.05, 3.63) is 58.1 Å². The molecule has 0 radical (unpaired) electrons. The highest BCUT2D eigenvalue weighted by atomic mass is 16.4. The Kier molecular flexibility index (Phi) is 2.66. The zero-order valence-corrected chi connectivity index (χ0v) is 8.58. The Morgan fingerprint density at radius 2 is 1.76 bits per heavy atom. The molecule has 0 amide bonds. The molecule has 0 fully saturated rings. The minimum absolute atomic E-state index is 0.0682. The molecule has 0 spiro atoms. The molecule has 0 aliphatic heterocycles. The van der Waals surface area contributed by atoms with Crippen LogP contribution in [0.4, 0.5) is 0 Å². The van der Waals surface area contributed by atoms with E-state index in [-0.39, 0.29) is 11.3 Å². The molecule has 2 aromatic rings. The average Bonchev–Trinajstić information content (AvgIpc) is 2.29. The molecule has 2 rings (SSSR count). The second kappa shape index (κ2) is 4.13. The Balaban J connectivity index is 2.60. The van der Waals surface area contributed by atoms with Gasteiger partial charge in [0, 0.05) is 6.07 Å². The fourth-order valence-electron chi connectivity index (χ4n) is 1.42. The summed E-state index contributed by atoms with van der Waals surface area (Å²) in [6.45, 7) is 0. The molecule has 86 valence electrons. The third-order valence-electron chi connectivity index (χ3n) is 2.24. The van der Waals surface area contributed by atoms with Crippen LogP contribution < -0.4 is 5.63 Å². The highest BCUT2D eigenvalue weighted by molar-refractivity contribution is 6.11. The van der Waals surface area contributed by atoms with Gasteiger partial charge >= 0.3 is 5.63 Å². The molecule has 0 aliphatic rings. The number of phenolic OH excluding ortho intramolecular Hbond substituents is 1. The van der Waals surface area contributed by atoms with Gasteiger partial charge in [-0.25, -0.2) is 4.79 Å². The Hall–Kier alpha value is -2.56. The van der Waals surface area contributed by atoms with Crippen LogP contribution in [-0.2, 0) is 0 Å². The van der Waals surface area contributed by atoms with Crippen molar-refractivity contribution < 1.29 is 19.4 Å². The molecule has 1 aromatic carbocycles. The predicted molar refractivity (Wildman–Crippen MR) is 58.2 cm³/mol. The summed E-state index contributed by atoms with van der Waals surface area (Å²) in [4.78, 5) is 23.3. The van der Waals surface area contributed by atoms with E-state index in [1.165, 1.54) is 18.2 Å². The van der Waals surface area contributed by atoms with Crippen molar-refractivity contribution in [1.82, 2.24) is 0 Å². The average molecular weight is 232 g/mol. The zero-order chi connectivity index (χ0) is 12.4. The van der Waals surface area contributed by atoms with Crippen LogP contribution in [0.2, 0.25) is 0 Å². The van der Waals surface area contributed by atoms with E-state index in [0.717, 1.165) is 12.3 Å². The molecule has 0 saturated heterocycles. The molecule has 2 N–H and O–H groups in total. The number of hydrogen-bond donors (Lipinski definition) is 2. The molecule has 5 nitrogen and oxygen atoms in total. The fourth-order valence-corrected chi connectivity index (χ4v) is 1.42. The lowest BCUT2D eigenvalue weighted by molar-refractivity contribution is 0.102. The number of phenols is 1. The van der Waals surface area contributed by atoms with E-state index in [2.05, 4.69) is 4.42 Å². The Bertz CT molecular complexity index is 627. The number of rotatable bonds is 2. The number of carbonyl (C=O) groups is 1. The molecule has 1 heterocycles. The van der Waals surface area contributed by atoms with Gasteiger partial charge in [0.05, 0.1) is 11.8 Å². The maximum Gasteiger partial charge on any atom is 0.350 e. The molecule has 17 heavy (non-hydrogen) atoms. The largest absolute Gasteiger partial charge is 0.507 e. The first-order valence-electron chi connectivity index (χ1n) is 4.74. The number of aromatic hydroxyl groups is 2. The predicted octanol–water partition coefficient (Wildman–Crippen LogP) is 1.28. The van der Waals surface area contributed by atoms with Crippen molar-refractivity contribution in [2.45, 2.75) is 0 Å². The van der Waals surface area contributed by atoms with Crippen LogP contribution in [0.15, 0.2) is 45.8 Å². The van der Waals surface area contributed by atoms with Crippen LogP contribution in [0.3, 0.4) is 0 Å². The summed E-state index contributed by atoms with van der Waals surface area (Å²) in [6, 6.07) is 6.83. The van der Waals surface area contributed by atoms with Crippen LogP contribution in [0.1, 0.15) is 15.9 Å². The molecule has 0 aliphatic carbocycles. The van der Waals surface area contributed by atoms with E-state index in [0.29, 0.717) is 0 Å². The molecule has 0 atom stereocenters. The Labute approximate surface area is 95.6 Å². The SMILES string of the molecule is O=C(c1ccccc1O)c1c(O)ccoc1=O. The van der Waals surface area contributed by atoms with Gasteiger partial charge in [0.2, 0.25) is 5.78 Å². The standard InChI is InChI=1S/C12H8O5/c13-8-4-2-1-3-7(8)11(15)10-9(14)5-6-17-12(10)16/h1-6,13-14H. The van der Waals surface area contributed by atoms with Gasteiger partial charge in [-0.3, -0.25) is 4.79 Å². The third-order valence-corrected chi connectivity index (χ3v) is 2.24. The van der Waals surface area contributed by atoms with Crippen LogP contribution in [-0.4, -0.2) is 16.0 Å².